The molecule has 8 rings (SSSR count). The molecule has 0 saturated carbocycles. The van der Waals surface area contributed by atoms with Crippen LogP contribution in [0, 0.1) is 0 Å². The molecule has 8 aromatic rings. The standard InChI is InChI=1S/C46H36S8/c1-5-13-33(14-6-1)29-47-41-25-21-37(51-41)45(38-22-26-42(52-38)48-30-34-15-7-2-8-16-34)46(39-23-27-43(53-39)49-31-35-17-9-3-10-18-35)40-24-28-44(54-40)50-32-36-19-11-4-12-20-36/h1-28H,29-32H2. The van der Waals surface area contributed by atoms with Gasteiger partial charge in [0.2, 0.25) is 0 Å². The van der Waals surface area contributed by atoms with Crippen LogP contribution in [0.5, 0.6) is 0 Å². The maximum absolute atomic E-state index is 2.36. The van der Waals surface area contributed by atoms with Gasteiger partial charge < -0.3 is 0 Å². The fourth-order valence-electron chi connectivity index (χ4n) is 5.78. The van der Waals surface area contributed by atoms with Crippen LogP contribution < -0.4 is 0 Å². The SMILES string of the molecule is c1ccc(CSc2ccc(C(=C(c3ccc(SCc4ccccc4)s3)c3ccc(SCc4ccccc4)s3)c3ccc(SCc4ccccc4)s3)s2)cc1. The number of thiophene rings is 4. The minimum atomic E-state index is 0.964. The summed E-state index contributed by atoms with van der Waals surface area (Å²) in [5.41, 5.74) is 8.09. The van der Waals surface area contributed by atoms with Crippen LogP contribution >= 0.6 is 92.4 Å². The van der Waals surface area contributed by atoms with Crippen molar-refractivity contribution in [2.24, 2.45) is 0 Å². The summed E-state index contributed by atoms with van der Waals surface area (Å²) < 4.78 is 5.38. The van der Waals surface area contributed by atoms with Crippen molar-refractivity contribution in [1.29, 1.82) is 0 Å². The molecule has 0 aliphatic carbocycles. The minimum Gasteiger partial charge on any atom is -0.129 e. The maximum atomic E-state index is 2.36. The molecule has 0 amide bonds. The van der Waals surface area contributed by atoms with E-state index in [-0.39, 0.29) is 0 Å². The lowest BCUT2D eigenvalue weighted by molar-refractivity contribution is 1.41. The van der Waals surface area contributed by atoms with E-state index in [1.54, 1.807) is 0 Å². The molecule has 4 heterocycles. The van der Waals surface area contributed by atoms with Gasteiger partial charge in [-0.1, -0.05) is 121 Å². The van der Waals surface area contributed by atoms with Gasteiger partial charge in [0.05, 0.1) is 16.8 Å². The van der Waals surface area contributed by atoms with Gasteiger partial charge in [0, 0.05) is 53.7 Å². The first-order chi connectivity index (χ1) is 26.7. The van der Waals surface area contributed by atoms with Gasteiger partial charge in [0.25, 0.3) is 0 Å². The van der Waals surface area contributed by atoms with Gasteiger partial charge in [-0.3, -0.25) is 0 Å². The third kappa shape index (κ3) is 10.2. The molecule has 54 heavy (non-hydrogen) atoms. The predicted molar refractivity (Wildman–Crippen MR) is 246 cm³/mol. The molecule has 8 heteroatoms. The molecule has 0 bridgehead atoms. The Labute approximate surface area is 351 Å². The predicted octanol–water partition coefficient (Wildman–Crippen LogP) is 16.1. The minimum absolute atomic E-state index is 0.964. The largest absolute Gasteiger partial charge is 0.129 e. The van der Waals surface area contributed by atoms with Crippen LogP contribution in [0.3, 0.4) is 0 Å². The lowest BCUT2D eigenvalue weighted by atomic mass is 10.0. The van der Waals surface area contributed by atoms with E-state index in [1.807, 2.05) is 92.4 Å². The molecule has 0 fully saturated rings. The second kappa shape index (κ2) is 19.1. The zero-order valence-electron chi connectivity index (χ0n) is 29.3. The molecule has 4 aromatic heterocycles. The first-order valence-corrected chi connectivity index (χ1v) is 24.8. The van der Waals surface area contributed by atoms with E-state index >= 15 is 0 Å². The Bertz CT molecular complexity index is 2050. The molecule has 0 unspecified atom stereocenters. The van der Waals surface area contributed by atoms with Crippen molar-refractivity contribution in [3.63, 3.8) is 0 Å². The first kappa shape index (κ1) is 37.7. The Morgan fingerprint density at radius 2 is 0.500 bits per heavy atom. The fraction of sp³-hybridized carbons (Fsp3) is 0.0870. The lowest BCUT2D eigenvalue weighted by Gasteiger charge is -2.12. The second-order valence-corrected chi connectivity index (χ2v) is 21.8. The van der Waals surface area contributed by atoms with Crippen LogP contribution in [0.1, 0.15) is 41.8 Å². The summed E-state index contributed by atoms with van der Waals surface area (Å²) in [4.78, 5) is 5.28. The molecule has 0 atom stereocenters. The normalized spacial score (nSPS) is 11.2. The van der Waals surface area contributed by atoms with E-state index in [0.717, 1.165) is 23.0 Å². The number of benzene rings is 4. The summed E-state index contributed by atoms with van der Waals surface area (Å²) in [6.45, 7) is 0. The van der Waals surface area contributed by atoms with Crippen molar-refractivity contribution < 1.29 is 0 Å². The third-order valence-corrected chi connectivity index (χ3v) is 18.1. The van der Waals surface area contributed by atoms with Gasteiger partial charge in [-0.05, 0) is 70.8 Å². The van der Waals surface area contributed by atoms with Gasteiger partial charge in [-0.25, -0.2) is 0 Å². The summed E-state index contributed by atoms with van der Waals surface area (Å²) >= 11 is 15.4. The molecule has 0 nitrogen and oxygen atoms in total. The Morgan fingerprint density at radius 3 is 0.722 bits per heavy atom. The van der Waals surface area contributed by atoms with Crippen molar-refractivity contribution in [1.82, 2.24) is 0 Å². The van der Waals surface area contributed by atoms with E-state index in [2.05, 4.69) is 170 Å². The summed E-state index contributed by atoms with van der Waals surface area (Å²) in [5, 5.41) is 0. The molecule has 0 saturated heterocycles. The second-order valence-electron chi connectivity index (χ2n) is 12.3. The van der Waals surface area contributed by atoms with Crippen molar-refractivity contribution >= 4 is 104 Å². The molecule has 0 aliphatic heterocycles. The summed E-state index contributed by atoms with van der Waals surface area (Å²) in [5.74, 6) is 3.86. The Balaban J connectivity index is 1.18. The number of thioether (sulfide) groups is 4. The Kier molecular flexibility index (Phi) is 13.4. The molecule has 0 radical (unpaired) electrons. The Hall–Kier alpha value is -3.18. The van der Waals surface area contributed by atoms with E-state index < -0.39 is 0 Å². The molecule has 0 N–H and O–H groups in total. The van der Waals surface area contributed by atoms with Gasteiger partial charge in [-0.2, -0.15) is 0 Å². The first-order valence-electron chi connectivity index (χ1n) is 17.6. The fourth-order valence-corrected chi connectivity index (χ4v) is 14.5. The molecular formula is C46H36S8. The molecule has 4 aromatic carbocycles. The van der Waals surface area contributed by atoms with E-state index in [4.69, 9.17) is 0 Å². The van der Waals surface area contributed by atoms with Crippen molar-refractivity contribution in [2.75, 3.05) is 0 Å². The highest BCUT2D eigenvalue weighted by Gasteiger charge is 2.23. The highest BCUT2D eigenvalue weighted by Crippen LogP contribution is 2.49. The molecule has 0 spiro atoms. The van der Waals surface area contributed by atoms with E-state index in [1.165, 1.54) is 69.7 Å². The summed E-state index contributed by atoms with van der Waals surface area (Å²) in [7, 11) is 0. The molecule has 0 aliphatic rings. The zero-order chi connectivity index (χ0) is 36.4. The topological polar surface area (TPSA) is 0 Å². The van der Waals surface area contributed by atoms with Crippen LogP contribution in [-0.2, 0) is 23.0 Å². The van der Waals surface area contributed by atoms with Crippen LogP contribution in [0.25, 0.3) is 11.1 Å². The average Bonchev–Trinajstić information content (AvgIpc) is 4.07. The van der Waals surface area contributed by atoms with Gasteiger partial charge in [-0.15, -0.1) is 92.4 Å². The number of hydrogen-bond donors (Lipinski definition) is 0. The van der Waals surface area contributed by atoms with Crippen LogP contribution in [0.4, 0.5) is 0 Å². The van der Waals surface area contributed by atoms with Crippen molar-refractivity contribution in [3.05, 3.63) is 212 Å². The van der Waals surface area contributed by atoms with E-state index in [0.29, 0.717) is 0 Å². The maximum Gasteiger partial charge on any atom is 0.0608 e. The van der Waals surface area contributed by atoms with Gasteiger partial charge >= 0.3 is 0 Å². The van der Waals surface area contributed by atoms with Crippen LogP contribution in [-0.4, -0.2) is 0 Å². The Morgan fingerprint density at radius 1 is 0.278 bits per heavy atom. The average molecular weight is 845 g/mol. The van der Waals surface area contributed by atoms with Crippen molar-refractivity contribution in [3.8, 4) is 0 Å². The van der Waals surface area contributed by atoms with Gasteiger partial charge in [0.1, 0.15) is 0 Å². The quantitative estimate of drug-likeness (QED) is 0.0888. The monoisotopic (exact) mass is 844 g/mol. The zero-order valence-corrected chi connectivity index (χ0v) is 35.8. The molecular weight excluding hydrogens is 809 g/mol. The molecule has 268 valence electrons. The summed E-state index contributed by atoms with van der Waals surface area (Å²) in [6.07, 6.45) is 0. The van der Waals surface area contributed by atoms with Crippen molar-refractivity contribution in [2.45, 2.75) is 39.8 Å². The highest BCUT2D eigenvalue weighted by molar-refractivity contribution is 8.01. The van der Waals surface area contributed by atoms with Crippen LogP contribution in [0.15, 0.2) is 187 Å². The van der Waals surface area contributed by atoms with E-state index in [9.17, 15) is 0 Å². The summed E-state index contributed by atoms with van der Waals surface area (Å²) in [6, 6.07) is 62.0. The third-order valence-electron chi connectivity index (χ3n) is 8.46. The lowest BCUT2D eigenvalue weighted by Crippen LogP contribution is -1.90. The number of hydrogen-bond acceptors (Lipinski definition) is 8. The smallest absolute Gasteiger partial charge is 0.0608 e. The van der Waals surface area contributed by atoms with Gasteiger partial charge in [0.15, 0.2) is 0 Å². The number of rotatable bonds is 16. The van der Waals surface area contributed by atoms with Crippen LogP contribution in [0.2, 0.25) is 0 Å². The highest BCUT2D eigenvalue weighted by atomic mass is 32.2.